The lowest BCUT2D eigenvalue weighted by Crippen LogP contribution is -2.40. The summed E-state index contributed by atoms with van der Waals surface area (Å²) in [5, 5.41) is 15.5. The molecule has 10 nitrogen and oxygen atoms in total. The lowest BCUT2D eigenvalue weighted by atomic mass is 10.2. The van der Waals surface area contributed by atoms with E-state index in [1.54, 1.807) is 35.7 Å². The van der Waals surface area contributed by atoms with Gasteiger partial charge in [0.05, 0.1) is 29.8 Å². The number of amides is 1. The fraction of sp³-hybridized carbons (Fsp3) is 0.227. The average Bonchev–Trinajstić information content (AvgIpc) is 3.50. The number of carbonyl (C=O) groups excluding carboxylic acids is 1. The number of rotatable bonds is 9. The van der Waals surface area contributed by atoms with Crippen molar-refractivity contribution in [3.8, 4) is 0 Å². The van der Waals surface area contributed by atoms with E-state index in [9.17, 15) is 24.5 Å². The Kier molecular flexibility index (Phi) is 6.50. The summed E-state index contributed by atoms with van der Waals surface area (Å²) >= 11 is 1.22. The van der Waals surface area contributed by atoms with Gasteiger partial charge in [0.15, 0.2) is 0 Å². The first-order valence-electron chi connectivity index (χ1n) is 10.2. The summed E-state index contributed by atoms with van der Waals surface area (Å²) in [5.74, 6) is 0.417. The van der Waals surface area contributed by atoms with Gasteiger partial charge in [-0.15, -0.1) is 11.3 Å². The van der Waals surface area contributed by atoms with Crippen molar-refractivity contribution in [2.45, 2.75) is 32.5 Å². The molecule has 0 unspecified atom stereocenters. The van der Waals surface area contributed by atoms with Crippen molar-refractivity contribution in [2.24, 2.45) is 0 Å². The van der Waals surface area contributed by atoms with Crippen LogP contribution in [-0.4, -0.2) is 20.0 Å². The molecule has 0 saturated carbocycles. The molecule has 4 rings (SSSR count). The normalized spacial score (nSPS) is 11.0. The van der Waals surface area contributed by atoms with Crippen LogP contribution in [-0.2, 0) is 24.4 Å². The molecule has 0 radical (unpaired) electrons. The van der Waals surface area contributed by atoms with Gasteiger partial charge in [-0.3, -0.25) is 28.8 Å². The SMILES string of the molecule is O=C(CCCn1c(=O)c2sccc2n(Cc2cccc([N+](=O)[O-])c2)c1=O)NCc1ccco1. The van der Waals surface area contributed by atoms with Crippen LogP contribution in [0, 0.1) is 10.1 Å². The molecule has 0 saturated heterocycles. The van der Waals surface area contributed by atoms with E-state index >= 15 is 0 Å². The highest BCUT2D eigenvalue weighted by atomic mass is 32.1. The number of benzene rings is 1. The standard InChI is InChI=1S/C22H20N4O6S/c27-19(23-13-17-6-3-10-32-17)7-2-9-24-21(28)20-18(8-11-33-20)25(22(24)29)14-15-4-1-5-16(12-15)26(30)31/h1,3-6,8,10-12H,2,7,9,13-14H2,(H,23,27). The Morgan fingerprint density at radius 1 is 1.15 bits per heavy atom. The summed E-state index contributed by atoms with van der Waals surface area (Å²) < 4.78 is 8.14. The zero-order chi connectivity index (χ0) is 23.4. The van der Waals surface area contributed by atoms with Gasteiger partial charge in [-0.25, -0.2) is 4.79 Å². The van der Waals surface area contributed by atoms with Crippen LogP contribution in [0.1, 0.15) is 24.2 Å². The number of nitrogens with one attached hydrogen (secondary N) is 1. The Morgan fingerprint density at radius 3 is 2.76 bits per heavy atom. The Bertz CT molecular complexity index is 1420. The third-order valence-corrected chi connectivity index (χ3v) is 6.02. The van der Waals surface area contributed by atoms with Crippen molar-refractivity contribution >= 4 is 33.1 Å². The van der Waals surface area contributed by atoms with E-state index in [-0.39, 0.29) is 37.6 Å². The molecule has 0 fully saturated rings. The predicted octanol–water partition coefficient (Wildman–Crippen LogP) is 2.87. The molecule has 0 aliphatic rings. The maximum atomic E-state index is 13.2. The van der Waals surface area contributed by atoms with Crippen LogP contribution in [0.5, 0.6) is 0 Å². The molecule has 3 heterocycles. The number of nitrogens with zero attached hydrogens (tertiary/aromatic N) is 3. The molecule has 33 heavy (non-hydrogen) atoms. The average molecular weight is 468 g/mol. The van der Waals surface area contributed by atoms with Crippen molar-refractivity contribution in [2.75, 3.05) is 0 Å². The largest absolute Gasteiger partial charge is 0.467 e. The molecule has 0 aliphatic carbocycles. The molecular weight excluding hydrogens is 448 g/mol. The van der Waals surface area contributed by atoms with Gasteiger partial charge in [-0.05, 0) is 35.6 Å². The number of nitro groups is 1. The number of hydrogen-bond acceptors (Lipinski definition) is 7. The topological polar surface area (TPSA) is 129 Å². The van der Waals surface area contributed by atoms with E-state index in [1.807, 2.05) is 0 Å². The minimum absolute atomic E-state index is 0.0732. The first-order valence-corrected chi connectivity index (χ1v) is 11.1. The number of hydrogen-bond donors (Lipinski definition) is 1. The number of aromatic nitrogens is 2. The lowest BCUT2D eigenvalue weighted by molar-refractivity contribution is -0.384. The van der Waals surface area contributed by atoms with Crippen molar-refractivity contribution < 1.29 is 14.1 Å². The first kappa shape index (κ1) is 22.2. The van der Waals surface area contributed by atoms with Gasteiger partial charge in [0, 0.05) is 25.1 Å². The Labute approximate surface area is 190 Å². The van der Waals surface area contributed by atoms with Crippen LogP contribution < -0.4 is 16.6 Å². The smallest absolute Gasteiger partial charge is 0.331 e. The second kappa shape index (κ2) is 9.65. The highest BCUT2D eigenvalue weighted by molar-refractivity contribution is 7.17. The molecule has 0 bridgehead atoms. The zero-order valence-electron chi connectivity index (χ0n) is 17.4. The molecule has 0 atom stereocenters. The van der Waals surface area contributed by atoms with Crippen LogP contribution >= 0.6 is 11.3 Å². The summed E-state index contributed by atoms with van der Waals surface area (Å²) in [5.41, 5.74) is 0.0518. The summed E-state index contributed by atoms with van der Waals surface area (Å²) in [4.78, 5) is 48.7. The van der Waals surface area contributed by atoms with Gasteiger partial charge in [0.1, 0.15) is 10.5 Å². The molecule has 11 heteroatoms. The van der Waals surface area contributed by atoms with Crippen molar-refractivity contribution in [3.05, 3.63) is 96.4 Å². The maximum Gasteiger partial charge on any atom is 0.331 e. The van der Waals surface area contributed by atoms with Crippen molar-refractivity contribution in [3.63, 3.8) is 0 Å². The Balaban J connectivity index is 1.53. The molecule has 1 amide bonds. The summed E-state index contributed by atoms with van der Waals surface area (Å²) in [6.07, 6.45) is 1.96. The summed E-state index contributed by atoms with van der Waals surface area (Å²) in [7, 11) is 0. The zero-order valence-corrected chi connectivity index (χ0v) is 18.2. The number of fused-ring (bicyclic) bond motifs is 1. The summed E-state index contributed by atoms with van der Waals surface area (Å²) in [6.45, 7) is 0.426. The monoisotopic (exact) mass is 468 g/mol. The number of nitro benzene ring substituents is 1. The highest BCUT2D eigenvalue weighted by Gasteiger charge is 2.16. The van der Waals surface area contributed by atoms with E-state index in [0.717, 1.165) is 4.57 Å². The minimum atomic E-state index is -0.520. The third kappa shape index (κ3) is 4.93. The van der Waals surface area contributed by atoms with Gasteiger partial charge < -0.3 is 9.73 Å². The van der Waals surface area contributed by atoms with Crippen molar-refractivity contribution in [1.82, 2.24) is 14.5 Å². The molecule has 1 aromatic carbocycles. The van der Waals surface area contributed by atoms with E-state index in [2.05, 4.69) is 5.32 Å². The number of furan rings is 1. The highest BCUT2D eigenvalue weighted by Crippen LogP contribution is 2.18. The summed E-state index contributed by atoms with van der Waals surface area (Å²) in [6, 6.07) is 11.2. The van der Waals surface area contributed by atoms with Crippen molar-refractivity contribution in [1.29, 1.82) is 0 Å². The Morgan fingerprint density at radius 2 is 2.00 bits per heavy atom. The molecule has 1 N–H and O–H groups in total. The van der Waals surface area contributed by atoms with Crippen LogP contribution in [0.4, 0.5) is 5.69 Å². The molecular formula is C22H20N4O6S. The van der Waals surface area contributed by atoms with E-state index in [1.165, 1.54) is 34.3 Å². The van der Waals surface area contributed by atoms with Gasteiger partial charge in [0.2, 0.25) is 5.91 Å². The van der Waals surface area contributed by atoms with Gasteiger partial charge in [-0.1, -0.05) is 12.1 Å². The Hall–Kier alpha value is -3.99. The third-order valence-electron chi connectivity index (χ3n) is 5.12. The predicted molar refractivity (Wildman–Crippen MR) is 122 cm³/mol. The lowest BCUT2D eigenvalue weighted by Gasteiger charge is -2.12. The quantitative estimate of drug-likeness (QED) is 0.297. The minimum Gasteiger partial charge on any atom is -0.467 e. The van der Waals surface area contributed by atoms with Gasteiger partial charge in [0.25, 0.3) is 11.2 Å². The molecule has 0 spiro atoms. The second-order valence-corrected chi connectivity index (χ2v) is 8.26. The fourth-order valence-corrected chi connectivity index (χ4v) is 4.36. The van der Waals surface area contributed by atoms with E-state index in [0.29, 0.717) is 28.0 Å². The van der Waals surface area contributed by atoms with Crippen LogP contribution in [0.15, 0.2) is 68.1 Å². The first-order chi connectivity index (χ1) is 15.9. The molecule has 170 valence electrons. The molecule has 3 aromatic heterocycles. The van der Waals surface area contributed by atoms with E-state index < -0.39 is 16.2 Å². The molecule has 0 aliphatic heterocycles. The van der Waals surface area contributed by atoms with E-state index in [4.69, 9.17) is 4.42 Å². The van der Waals surface area contributed by atoms with Crippen LogP contribution in [0.25, 0.3) is 10.2 Å². The van der Waals surface area contributed by atoms with Crippen LogP contribution in [0.3, 0.4) is 0 Å². The second-order valence-electron chi connectivity index (χ2n) is 7.35. The van der Waals surface area contributed by atoms with Gasteiger partial charge in [-0.2, -0.15) is 0 Å². The molecule has 4 aromatic rings. The van der Waals surface area contributed by atoms with Gasteiger partial charge >= 0.3 is 5.69 Å². The number of non-ortho nitro benzene ring substituents is 1. The van der Waals surface area contributed by atoms with Crippen LogP contribution in [0.2, 0.25) is 0 Å². The number of carbonyl (C=O) groups is 1. The number of thiophene rings is 1. The maximum absolute atomic E-state index is 13.2. The fourth-order valence-electron chi connectivity index (χ4n) is 3.52.